The first-order chi connectivity index (χ1) is 10.4. The summed E-state index contributed by atoms with van der Waals surface area (Å²) in [5, 5.41) is 3.56. The molecule has 2 unspecified atom stereocenters. The van der Waals surface area contributed by atoms with E-state index < -0.39 is 0 Å². The zero-order valence-electron chi connectivity index (χ0n) is 13.5. The van der Waals surface area contributed by atoms with Crippen LogP contribution in [0.4, 0.5) is 0 Å². The van der Waals surface area contributed by atoms with Crippen molar-refractivity contribution in [3.63, 3.8) is 0 Å². The Morgan fingerprint density at radius 3 is 2.57 bits per heavy atom. The molecular weight excluding hydrogens is 258 g/mol. The van der Waals surface area contributed by atoms with Crippen molar-refractivity contribution in [1.82, 2.24) is 5.32 Å². The molecule has 2 rings (SSSR count). The Morgan fingerprint density at radius 2 is 1.81 bits per heavy atom. The molecule has 0 aliphatic heterocycles. The van der Waals surface area contributed by atoms with Crippen LogP contribution in [-0.2, 0) is 0 Å². The fourth-order valence-corrected chi connectivity index (χ4v) is 3.49. The number of nitrogens with one attached hydrogen (secondary N) is 1. The summed E-state index contributed by atoms with van der Waals surface area (Å²) in [5.41, 5.74) is 0. The van der Waals surface area contributed by atoms with Gasteiger partial charge in [0.15, 0.2) is 0 Å². The van der Waals surface area contributed by atoms with Crippen molar-refractivity contribution in [2.24, 2.45) is 11.8 Å². The SMILES string of the molecule is CCNCC1CCCCCC1CCCOc1ccccc1. The van der Waals surface area contributed by atoms with Crippen LogP contribution in [0.25, 0.3) is 0 Å². The average Bonchev–Trinajstić information content (AvgIpc) is 2.76. The molecule has 0 spiro atoms. The van der Waals surface area contributed by atoms with Gasteiger partial charge in [0.1, 0.15) is 5.75 Å². The summed E-state index contributed by atoms with van der Waals surface area (Å²) in [5.74, 6) is 2.78. The monoisotopic (exact) mass is 289 g/mol. The summed E-state index contributed by atoms with van der Waals surface area (Å²) in [6.45, 7) is 5.37. The van der Waals surface area contributed by atoms with Gasteiger partial charge in [-0.3, -0.25) is 0 Å². The number of rotatable bonds is 8. The Hall–Kier alpha value is -1.02. The van der Waals surface area contributed by atoms with Crippen LogP contribution in [0.3, 0.4) is 0 Å². The van der Waals surface area contributed by atoms with Gasteiger partial charge in [-0.2, -0.15) is 0 Å². The molecule has 2 atom stereocenters. The molecule has 1 N–H and O–H groups in total. The van der Waals surface area contributed by atoms with E-state index in [2.05, 4.69) is 12.2 Å². The Kier molecular flexibility index (Phi) is 7.66. The fourth-order valence-electron chi connectivity index (χ4n) is 3.49. The highest BCUT2D eigenvalue weighted by Crippen LogP contribution is 2.31. The van der Waals surface area contributed by atoms with E-state index in [1.807, 2.05) is 30.3 Å². The molecule has 0 heterocycles. The van der Waals surface area contributed by atoms with E-state index in [1.165, 1.54) is 51.5 Å². The first-order valence-corrected chi connectivity index (χ1v) is 8.78. The van der Waals surface area contributed by atoms with Gasteiger partial charge in [-0.25, -0.2) is 0 Å². The Morgan fingerprint density at radius 1 is 1.05 bits per heavy atom. The summed E-state index contributed by atoms with van der Waals surface area (Å²) in [6.07, 6.45) is 9.61. The Balaban J connectivity index is 1.70. The van der Waals surface area contributed by atoms with Gasteiger partial charge in [0, 0.05) is 0 Å². The highest BCUT2D eigenvalue weighted by molar-refractivity contribution is 5.20. The Labute approximate surface area is 130 Å². The van der Waals surface area contributed by atoms with E-state index >= 15 is 0 Å². The standard InChI is InChI=1S/C19H31NO/c1-2-20-16-18-11-6-3-5-10-17(18)12-9-15-21-19-13-7-4-8-14-19/h4,7-8,13-14,17-18,20H,2-3,5-6,9-12,15-16H2,1H3. The maximum absolute atomic E-state index is 5.83. The number of hydrogen-bond donors (Lipinski definition) is 1. The second kappa shape index (κ2) is 9.83. The summed E-state index contributed by atoms with van der Waals surface area (Å²) in [4.78, 5) is 0. The topological polar surface area (TPSA) is 21.3 Å². The van der Waals surface area contributed by atoms with Crippen LogP contribution in [0, 0.1) is 11.8 Å². The predicted octanol–water partition coefficient (Wildman–Crippen LogP) is 4.65. The molecule has 2 nitrogen and oxygen atoms in total. The second-order valence-corrected chi connectivity index (χ2v) is 6.27. The third kappa shape index (κ3) is 6.09. The lowest BCUT2D eigenvalue weighted by atomic mass is 9.84. The molecule has 1 fully saturated rings. The van der Waals surface area contributed by atoms with Gasteiger partial charge in [-0.1, -0.05) is 50.8 Å². The molecule has 0 amide bonds. The van der Waals surface area contributed by atoms with E-state index in [-0.39, 0.29) is 0 Å². The zero-order valence-corrected chi connectivity index (χ0v) is 13.5. The summed E-state index contributed by atoms with van der Waals surface area (Å²) in [7, 11) is 0. The summed E-state index contributed by atoms with van der Waals surface area (Å²) < 4.78 is 5.83. The zero-order chi connectivity index (χ0) is 14.8. The lowest BCUT2D eigenvalue weighted by Crippen LogP contribution is -2.28. The van der Waals surface area contributed by atoms with Crippen molar-refractivity contribution < 1.29 is 4.74 Å². The molecule has 2 heteroatoms. The third-order valence-electron chi connectivity index (χ3n) is 4.70. The number of benzene rings is 1. The van der Waals surface area contributed by atoms with E-state index in [9.17, 15) is 0 Å². The van der Waals surface area contributed by atoms with Crippen molar-refractivity contribution in [2.45, 2.75) is 51.9 Å². The highest BCUT2D eigenvalue weighted by atomic mass is 16.5. The van der Waals surface area contributed by atoms with E-state index in [0.29, 0.717) is 0 Å². The molecule has 1 aromatic rings. The molecule has 1 aromatic carbocycles. The summed E-state index contributed by atoms with van der Waals surface area (Å²) >= 11 is 0. The molecule has 1 aliphatic rings. The van der Waals surface area contributed by atoms with Crippen LogP contribution in [-0.4, -0.2) is 19.7 Å². The van der Waals surface area contributed by atoms with Gasteiger partial charge >= 0.3 is 0 Å². The maximum Gasteiger partial charge on any atom is 0.119 e. The van der Waals surface area contributed by atoms with Crippen LogP contribution < -0.4 is 10.1 Å². The number of ether oxygens (including phenoxy) is 1. The van der Waals surface area contributed by atoms with Gasteiger partial charge in [-0.05, 0) is 56.3 Å². The molecule has 0 radical (unpaired) electrons. The van der Waals surface area contributed by atoms with Crippen LogP contribution in [0.2, 0.25) is 0 Å². The Bertz CT molecular complexity index is 365. The maximum atomic E-state index is 5.83. The number of para-hydroxylation sites is 1. The van der Waals surface area contributed by atoms with Gasteiger partial charge < -0.3 is 10.1 Å². The lowest BCUT2D eigenvalue weighted by molar-refractivity contribution is 0.244. The first-order valence-electron chi connectivity index (χ1n) is 8.78. The molecular formula is C19H31NO. The van der Waals surface area contributed by atoms with Crippen LogP contribution in [0.1, 0.15) is 51.9 Å². The van der Waals surface area contributed by atoms with Crippen molar-refractivity contribution in [2.75, 3.05) is 19.7 Å². The van der Waals surface area contributed by atoms with Crippen LogP contribution >= 0.6 is 0 Å². The predicted molar refractivity (Wildman–Crippen MR) is 89.8 cm³/mol. The lowest BCUT2D eigenvalue weighted by Gasteiger charge is -2.25. The molecule has 0 bridgehead atoms. The van der Waals surface area contributed by atoms with Crippen molar-refractivity contribution >= 4 is 0 Å². The summed E-state index contributed by atoms with van der Waals surface area (Å²) in [6, 6.07) is 10.2. The van der Waals surface area contributed by atoms with Gasteiger partial charge in [0.25, 0.3) is 0 Å². The van der Waals surface area contributed by atoms with Crippen molar-refractivity contribution in [3.05, 3.63) is 30.3 Å². The average molecular weight is 289 g/mol. The van der Waals surface area contributed by atoms with Crippen molar-refractivity contribution in [1.29, 1.82) is 0 Å². The minimum absolute atomic E-state index is 0.856. The molecule has 1 aliphatic carbocycles. The minimum Gasteiger partial charge on any atom is -0.494 e. The first kappa shape index (κ1) is 16.4. The molecule has 1 saturated carbocycles. The van der Waals surface area contributed by atoms with Crippen LogP contribution in [0.5, 0.6) is 5.75 Å². The van der Waals surface area contributed by atoms with Gasteiger partial charge in [-0.15, -0.1) is 0 Å². The van der Waals surface area contributed by atoms with E-state index in [4.69, 9.17) is 4.74 Å². The minimum atomic E-state index is 0.856. The second-order valence-electron chi connectivity index (χ2n) is 6.27. The van der Waals surface area contributed by atoms with Crippen molar-refractivity contribution in [3.8, 4) is 5.75 Å². The molecule has 21 heavy (non-hydrogen) atoms. The third-order valence-corrected chi connectivity index (χ3v) is 4.70. The normalized spacial score (nSPS) is 22.7. The van der Waals surface area contributed by atoms with E-state index in [0.717, 1.165) is 30.7 Å². The highest BCUT2D eigenvalue weighted by Gasteiger charge is 2.22. The quantitative estimate of drug-likeness (QED) is 0.555. The van der Waals surface area contributed by atoms with Gasteiger partial charge in [0.05, 0.1) is 6.61 Å². The number of hydrogen-bond acceptors (Lipinski definition) is 2. The van der Waals surface area contributed by atoms with Crippen LogP contribution in [0.15, 0.2) is 30.3 Å². The molecule has 0 saturated heterocycles. The van der Waals surface area contributed by atoms with Gasteiger partial charge in [0.2, 0.25) is 0 Å². The molecule has 0 aromatic heterocycles. The van der Waals surface area contributed by atoms with E-state index in [1.54, 1.807) is 0 Å². The smallest absolute Gasteiger partial charge is 0.119 e. The molecule has 118 valence electrons. The largest absolute Gasteiger partial charge is 0.494 e. The fraction of sp³-hybridized carbons (Fsp3) is 0.684.